The van der Waals surface area contributed by atoms with Gasteiger partial charge in [-0.2, -0.15) is 0 Å². The van der Waals surface area contributed by atoms with Crippen LogP contribution in [0, 0.1) is 35.0 Å². The van der Waals surface area contributed by atoms with Gasteiger partial charge in [0.2, 0.25) is 0 Å². The standard InChI is InChI=1S/C16H30.C11H25N.C3H8/c1-4-5-13(2)14(3)6-9-16-10-7-15(12-16)8-11-16;1-5-9(2)7-6-8-10(3)11(4)12;1-3-2/h13-15H,4-12H2,1-3H3;9-11H,5-8,12H2,1-4H3;3H2,1-2H3. The fourth-order valence-corrected chi connectivity index (χ4v) is 5.48. The first-order chi connectivity index (χ1) is 14.6. The zero-order valence-electron chi connectivity index (χ0n) is 23.4. The Hall–Kier alpha value is -0.0400. The molecule has 31 heavy (non-hydrogen) atoms. The summed E-state index contributed by atoms with van der Waals surface area (Å²) in [5, 5.41) is 0. The number of hydrogen-bond acceptors (Lipinski definition) is 1. The Labute approximate surface area is 199 Å². The van der Waals surface area contributed by atoms with Gasteiger partial charge in [-0.05, 0) is 93.3 Å². The fraction of sp³-hybridized carbons (Fsp3) is 1.00. The zero-order chi connectivity index (χ0) is 23.9. The normalized spacial score (nSPS) is 26.7. The van der Waals surface area contributed by atoms with Gasteiger partial charge in [0.05, 0.1) is 0 Å². The molecule has 0 aliphatic heterocycles. The van der Waals surface area contributed by atoms with Crippen molar-refractivity contribution in [2.75, 3.05) is 0 Å². The van der Waals surface area contributed by atoms with Crippen LogP contribution >= 0.6 is 0 Å². The largest absolute Gasteiger partial charge is 0.328 e. The van der Waals surface area contributed by atoms with E-state index in [-0.39, 0.29) is 0 Å². The van der Waals surface area contributed by atoms with E-state index < -0.39 is 0 Å². The molecular weight excluding hydrogens is 374 g/mol. The monoisotopic (exact) mass is 437 g/mol. The summed E-state index contributed by atoms with van der Waals surface area (Å²) in [5.41, 5.74) is 6.61. The van der Waals surface area contributed by atoms with E-state index in [0.717, 1.165) is 29.1 Å². The van der Waals surface area contributed by atoms with E-state index in [1.54, 1.807) is 38.5 Å². The molecule has 0 radical (unpaired) electrons. The Bertz CT molecular complexity index is 393. The Morgan fingerprint density at radius 3 is 1.74 bits per heavy atom. The fourth-order valence-electron chi connectivity index (χ4n) is 5.48. The molecule has 2 N–H and O–H groups in total. The average Bonchev–Trinajstić information content (AvgIpc) is 3.34. The van der Waals surface area contributed by atoms with Gasteiger partial charge < -0.3 is 5.73 Å². The van der Waals surface area contributed by atoms with E-state index in [2.05, 4.69) is 62.3 Å². The number of hydrogen-bond donors (Lipinski definition) is 1. The maximum atomic E-state index is 5.79. The van der Waals surface area contributed by atoms with Crippen LogP contribution in [0.5, 0.6) is 0 Å². The summed E-state index contributed by atoms with van der Waals surface area (Å²) in [5.74, 6) is 4.61. The van der Waals surface area contributed by atoms with E-state index in [9.17, 15) is 0 Å². The van der Waals surface area contributed by atoms with Crippen LogP contribution in [-0.2, 0) is 0 Å². The summed E-state index contributed by atoms with van der Waals surface area (Å²) < 4.78 is 0. The minimum atomic E-state index is 0.363. The quantitative estimate of drug-likeness (QED) is 0.323. The van der Waals surface area contributed by atoms with Crippen LogP contribution in [0.15, 0.2) is 0 Å². The summed E-state index contributed by atoms with van der Waals surface area (Å²) >= 11 is 0. The molecule has 2 aliphatic rings. The molecule has 2 bridgehead atoms. The van der Waals surface area contributed by atoms with Gasteiger partial charge in [0.15, 0.2) is 0 Å². The minimum Gasteiger partial charge on any atom is -0.328 e. The molecule has 0 saturated heterocycles. The van der Waals surface area contributed by atoms with Crippen molar-refractivity contribution in [3.05, 3.63) is 0 Å². The van der Waals surface area contributed by atoms with Crippen LogP contribution in [0.2, 0.25) is 0 Å². The molecule has 2 saturated carbocycles. The molecule has 2 fully saturated rings. The summed E-state index contributed by atoms with van der Waals surface area (Å²) in [6.45, 7) is 20.5. The highest BCUT2D eigenvalue weighted by Gasteiger charge is 2.44. The highest BCUT2D eigenvalue weighted by Crippen LogP contribution is 2.56. The smallest absolute Gasteiger partial charge is 0.00361 e. The summed E-state index contributed by atoms with van der Waals surface area (Å²) in [6.07, 6.45) is 20.2. The van der Waals surface area contributed by atoms with Crippen molar-refractivity contribution in [1.29, 1.82) is 0 Å². The van der Waals surface area contributed by atoms with Crippen molar-refractivity contribution in [1.82, 2.24) is 0 Å². The van der Waals surface area contributed by atoms with Crippen molar-refractivity contribution in [3.8, 4) is 0 Å². The van der Waals surface area contributed by atoms with Crippen molar-refractivity contribution in [2.24, 2.45) is 40.7 Å². The van der Waals surface area contributed by atoms with Gasteiger partial charge in [0, 0.05) is 6.04 Å². The lowest BCUT2D eigenvalue weighted by molar-refractivity contribution is 0.223. The first-order valence-electron chi connectivity index (χ1n) is 14.4. The summed E-state index contributed by atoms with van der Waals surface area (Å²) in [7, 11) is 0. The van der Waals surface area contributed by atoms with Crippen LogP contribution < -0.4 is 5.73 Å². The molecule has 0 aromatic carbocycles. The lowest BCUT2D eigenvalue weighted by Crippen LogP contribution is -2.24. The highest BCUT2D eigenvalue weighted by atomic mass is 14.6. The Morgan fingerprint density at radius 1 is 0.774 bits per heavy atom. The number of fused-ring (bicyclic) bond motifs is 2. The SMILES string of the molecule is CCC.CCC(C)CCCC(C)C(C)N.CCCC(C)C(C)CCC12CCC(CC1)C2. The van der Waals surface area contributed by atoms with Crippen molar-refractivity contribution in [3.63, 3.8) is 0 Å². The van der Waals surface area contributed by atoms with E-state index in [1.165, 1.54) is 51.4 Å². The third-order valence-electron chi connectivity index (χ3n) is 8.68. The molecule has 5 unspecified atom stereocenters. The van der Waals surface area contributed by atoms with Gasteiger partial charge >= 0.3 is 0 Å². The zero-order valence-corrected chi connectivity index (χ0v) is 23.4. The topological polar surface area (TPSA) is 26.0 Å². The van der Waals surface area contributed by atoms with Crippen molar-refractivity contribution < 1.29 is 0 Å². The van der Waals surface area contributed by atoms with E-state index in [4.69, 9.17) is 5.73 Å². The average molecular weight is 438 g/mol. The molecule has 188 valence electrons. The maximum Gasteiger partial charge on any atom is 0.00361 e. The van der Waals surface area contributed by atoms with Crippen LogP contribution in [0.25, 0.3) is 0 Å². The van der Waals surface area contributed by atoms with Gasteiger partial charge in [-0.3, -0.25) is 0 Å². The molecule has 0 aromatic rings. The predicted octanol–water partition coefficient (Wildman–Crippen LogP) is 10.0. The molecule has 2 aliphatic carbocycles. The van der Waals surface area contributed by atoms with Crippen molar-refractivity contribution >= 4 is 0 Å². The first-order valence-corrected chi connectivity index (χ1v) is 14.4. The Kier molecular flexibility index (Phi) is 17.4. The van der Waals surface area contributed by atoms with E-state index >= 15 is 0 Å². The summed E-state index contributed by atoms with van der Waals surface area (Å²) in [6, 6.07) is 0.363. The number of nitrogens with two attached hydrogens (primary N) is 1. The van der Waals surface area contributed by atoms with Crippen molar-refractivity contribution in [2.45, 2.75) is 158 Å². The van der Waals surface area contributed by atoms with Crippen LogP contribution in [0.1, 0.15) is 152 Å². The minimum absolute atomic E-state index is 0.363. The lowest BCUT2D eigenvalue weighted by Gasteiger charge is -2.29. The molecule has 0 spiro atoms. The number of rotatable bonds is 12. The molecule has 1 heteroatoms. The Balaban J connectivity index is 0.000000535. The third kappa shape index (κ3) is 13.3. The molecule has 0 amide bonds. The van der Waals surface area contributed by atoms with E-state index in [0.29, 0.717) is 12.0 Å². The molecule has 2 rings (SSSR count). The molecule has 1 nitrogen and oxygen atoms in total. The molecule has 0 heterocycles. The van der Waals surface area contributed by atoms with E-state index in [1.807, 2.05) is 0 Å². The first kappa shape index (κ1) is 31.0. The summed E-state index contributed by atoms with van der Waals surface area (Å²) in [4.78, 5) is 0. The van der Waals surface area contributed by atoms with Crippen LogP contribution in [-0.4, -0.2) is 6.04 Å². The van der Waals surface area contributed by atoms with Gasteiger partial charge in [-0.25, -0.2) is 0 Å². The molecule has 5 atom stereocenters. The second-order valence-corrected chi connectivity index (χ2v) is 11.9. The third-order valence-corrected chi connectivity index (χ3v) is 8.68. The van der Waals surface area contributed by atoms with Crippen LogP contribution in [0.3, 0.4) is 0 Å². The van der Waals surface area contributed by atoms with Gasteiger partial charge in [0.25, 0.3) is 0 Å². The second-order valence-electron chi connectivity index (χ2n) is 11.9. The highest BCUT2D eigenvalue weighted by molar-refractivity contribution is 4.95. The second kappa shape index (κ2) is 17.4. The maximum absolute atomic E-state index is 5.79. The lowest BCUT2D eigenvalue weighted by atomic mass is 9.76. The molecule has 0 aromatic heterocycles. The van der Waals surface area contributed by atoms with Crippen LogP contribution in [0.4, 0.5) is 0 Å². The predicted molar refractivity (Wildman–Crippen MR) is 144 cm³/mol. The van der Waals surface area contributed by atoms with Gasteiger partial charge in [-0.1, -0.05) is 93.9 Å². The molecular formula is C30H63N. The Morgan fingerprint density at radius 2 is 1.32 bits per heavy atom. The van der Waals surface area contributed by atoms with Gasteiger partial charge in [-0.15, -0.1) is 0 Å². The van der Waals surface area contributed by atoms with Gasteiger partial charge in [0.1, 0.15) is 0 Å².